The fourth-order valence-corrected chi connectivity index (χ4v) is 2.32. The molecule has 10 heteroatoms. The van der Waals surface area contributed by atoms with E-state index in [1.807, 2.05) is 6.07 Å². The zero-order chi connectivity index (χ0) is 16.0. The van der Waals surface area contributed by atoms with Crippen LogP contribution in [0.25, 0.3) is 22.1 Å². The molecule has 10 nitrogen and oxygen atoms in total. The fourth-order valence-electron chi connectivity index (χ4n) is 2.32. The SMILES string of the molecule is O=c1[nH]c(Cn2cnc([N+](=O)[O-])n2)nc2c1oc1ccccc12. The number of benzene rings is 1. The predicted molar refractivity (Wildman–Crippen MR) is 77.9 cm³/mol. The number of para-hydroxylation sites is 1. The Morgan fingerprint density at radius 3 is 2.96 bits per heavy atom. The second-order valence-corrected chi connectivity index (χ2v) is 4.79. The smallest absolute Gasteiger partial charge is 0.449 e. The second-order valence-electron chi connectivity index (χ2n) is 4.79. The summed E-state index contributed by atoms with van der Waals surface area (Å²) in [6.45, 7) is 0.0471. The summed E-state index contributed by atoms with van der Waals surface area (Å²) in [6.07, 6.45) is 1.20. The molecule has 0 spiro atoms. The lowest BCUT2D eigenvalue weighted by Crippen LogP contribution is -2.14. The molecule has 4 rings (SSSR count). The Morgan fingerprint density at radius 1 is 1.35 bits per heavy atom. The molecule has 3 heterocycles. The molecule has 0 atom stereocenters. The van der Waals surface area contributed by atoms with Crippen LogP contribution in [0.15, 0.2) is 39.8 Å². The maximum Gasteiger partial charge on any atom is 0.490 e. The molecule has 1 aromatic carbocycles. The van der Waals surface area contributed by atoms with Crippen molar-refractivity contribution in [1.29, 1.82) is 0 Å². The van der Waals surface area contributed by atoms with Crippen LogP contribution >= 0.6 is 0 Å². The third kappa shape index (κ3) is 2.12. The number of furan rings is 1. The number of aromatic nitrogens is 5. The summed E-state index contributed by atoms with van der Waals surface area (Å²) in [5.41, 5.74) is 0.721. The number of H-pyrrole nitrogens is 1. The van der Waals surface area contributed by atoms with E-state index in [-0.39, 0.29) is 12.1 Å². The summed E-state index contributed by atoms with van der Waals surface area (Å²) in [7, 11) is 0. The van der Waals surface area contributed by atoms with Crippen molar-refractivity contribution >= 4 is 28.0 Å². The molecule has 4 aromatic rings. The average molecular weight is 312 g/mol. The number of rotatable bonds is 3. The normalized spacial score (nSPS) is 11.3. The second kappa shape index (κ2) is 4.73. The van der Waals surface area contributed by atoms with Gasteiger partial charge in [-0.05, 0) is 17.1 Å². The first-order chi connectivity index (χ1) is 11.1. The molecule has 0 saturated carbocycles. The van der Waals surface area contributed by atoms with Gasteiger partial charge in [-0.25, -0.2) is 4.98 Å². The van der Waals surface area contributed by atoms with Gasteiger partial charge in [-0.1, -0.05) is 17.1 Å². The van der Waals surface area contributed by atoms with Crippen LogP contribution in [0.4, 0.5) is 5.95 Å². The van der Waals surface area contributed by atoms with Gasteiger partial charge in [-0.15, -0.1) is 0 Å². The van der Waals surface area contributed by atoms with Gasteiger partial charge in [0.25, 0.3) is 5.56 Å². The number of nitrogens with zero attached hydrogens (tertiary/aromatic N) is 5. The van der Waals surface area contributed by atoms with Crippen LogP contribution in [0.5, 0.6) is 0 Å². The molecule has 0 radical (unpaired) electrons. The van der Waals surface area contributed by atoms with E-state index in [9.17, 15) is 14.9 Å². The Bertz CT molecular complexity index is 1110. The first kappa shape index (κ1) is 13.1. The van der Waals surface area contributed by atoms with Crippen LogP contribution in [-0.2, 0) is 6.54 Å². The third-order valence-corrected chi connectivity index (χ3v) is 3.28. The number of aromatic amines is 1. The van der Waals surface area contributed by atoms with Crippen LogP contribution in [0.2, 0.25) is 0 Å². The first-order valence-corrected chi connectivity index (χ1v) is 6.56. The molecule has 3 aromatic heterocycles. The van der Waals surface area contributed by atoms with Crippen molar-refractivity contribution in [2.75, 3.05) is 0 Å². The van der Waals surface area contributed by atoms with Crippen molar-refractivity contribution < 1.29 is 9.34 Å². The average Bonchev–Trinajstić information content (AvgIpc) is 3.13. The molecule has 0 unspecified atom stereocenters. The van der Waals surface area contributed by atoms with E-state index in [2.05, 4.69) is 20.1 Å². The van der Waals surface area contributed by atoms with Crippen molar-refractivity contribution in [3.63, 3.8) is 0 Å². The van der Waals surface area contributed by atoms with Gasteiger partial charge in [0.05, 0.1) is 0 Å². The molecule has 0 saturated heterocycles. The lowest BCUT2D eigenvalue weighted by Gasteiger charge is -1.97. The van der Waals surface area contributed by atoms with Crippen molar-refractivity contribution in [3.05, 3.63) is 56.9 Å². The summed E-state index contributed by atoms with van der Waals surface area (Å²) in [4.78, 5) is 32.5. The van der Waals surface area contributed by atoms with Gasteiger partial charge in [0.15, 0.2) is 0 Å². The lowest BCUT2D eigenvalue weighted by atomic mass is 10.2. The van der Waals surface area contributed by atoms with Gasteiger partial charge in [0.1, 0.15) is 23.5 Å². The highest BCUT2D eigenvalue weighted by Crippen LogP contribution is 2.24. The summed E-state index contributed by atoms with van der Waals surface area (Å²) in [5, 5.41) is 15.0. The minimum atomic E-state index is -0.695. The summed E-state index contributed by atoms with van der Waals surface area (Å²) in [6, 6.07) is 7.17. The molecule has 1 N–H and O–H groups in total. The van der Waals surface area contributed by atoms with Gasteiger partial charge < -0.3 is 19.5 Å². The summed E-state index contributed by atoms with van der Waals surface area (Å²) in [5.74, 6) is -0.212. The highest BCUT2D eigenvalue weighted by molar-refractivity contribution is 6.01. The highest BCUT2D eigenvalue weighted by Gasteiger charge is 2.16. The molecule has 23 heavy (non-hydrogen) atoms. The van der Waals surface area contributed by atoms with Crippen molar-refractivity contribution in [2.45, 2.75) is 6.54 Å². The predicted octanol–water partition coefficient (Wildman–Crippen LogP) is 1.22. The standard InChI is InChI=1S/C13H8N6O4/c20-12-11-10(7-3-1-2-4-8(7)23-11)15-9(16-12)5-18-6-14-13(17-18)19(21)22/h1-4,6H,5H2,(H,15,16,20). The molecular weight excluding hydrogens is 304 g/mol. The highest BCUT2D eigenvalue weighted by atomic mass is 16.6. The fraction of sp³-hybridized carbons (Fsp3) is 0.0769. The zero-order valence-electron chi connectivity index (χ0n) is 11.5. The van der Waals surface area contributed by atoms with E-state index < -0.39 is 16.4 Å². The van der Waals surface area contributed by atoms with E-state index in [4.69, 9.17) is 4.42 Å². The van der Waals surface area contributed by atoms with Crippen LogP contribution in [-0.4, -0.2) is 29.7 Å². The van der Waals surface area contributed by atoms with Crippen LogP contribution in [0.3, 0.4) is 0 Å². The molecule has 0 bridgehead atoms. The monoisotopic (exact) mass is 312 g/mol. The van der Waals surface area contributed by atoms with Crippen molar-refractivity contribution in [2.24, 2.45) is 0 Å². The van der Waals surface area contributed by atoms with Crippen LogP contribution in [0, 0.1) is 10.1 Å². The zero-order valence-corrected chi connectivity index (χ0v) is 11.5. The Balaban J connectivity index is 1.82. The summed E-state index contributed by atoms with van der Waals surface area (Å²) >= 11 is 0. The van der Waals surface area contributed by atoms with Crippen molar-refractivity contribution in [1.82, 2.24) is 24.7 Å². The maximum atomic E-state index is 12.1. The Hall–Kier alpha value is -3.56. The van der Waals surface area contributed by atoms with Crippen LogP contribution < -0.4 is 5.56 Å². The van der Waals surface area contributed by atoms with Gasteiger partial charge >= 0.3 is 5.95 Å². The molecule has 0 fully saturated rings. The number of nitro groups is 1. The van der Waals surface area contributed by atoms with E-state index in [0.29, 0.717) is 16.9 Å². The number of fused-ring (bicyclic) bond motifs is 3. The van der Waals surface area contributed by atoms with E-state index >= 15 is 0 Å². The minimum Gasteiger partial charge on any atom is -0.449 e. The van der Waals surface area contributed by atoms with Gasteiger partial charge in [0, 0.05) is 10.5 Å². The Morgan fingerprint density at radius 2 is 2.17 bits per heavy atom. The van der Waals surface area contributed by atoms with Gasteiger partial charge in [-0.3, -0.25) is 4.79 Å². The third-order valence-electron chi connectivity index (χ3n) is 3.28. The van der Waals surface area contributed by atoms with Gasteiger partial charge in [0.2, 0.25) is 11.9 Å². The molecule has 0 aliphatic rings. The number of nitrogens with one attached hydrogen (secondary N) is 1. The maximum absolute atomic E-state index is 12.1. The molecule has 114 valence electrons. The largest absolute Gasteiger partial charge is 0.490 e. The molecule has 0 aliphatic carbocycles. The van der Waals surface area contributed by atoms with Crippen molar-refractivity contribution in [3.8, 4) is 0 Å². The molecule has 0 aliphatic heterocycles. The van der Waals surface area contributed by atoms with Gasteiger partial charge in [-0.2, -0.15) is 4.68 Å². The number of hydrogen-bond acceptors (Lipinski definition) is 7. The Kier molecular flexibility index (Phi) is 2.70. The van der Waals surface area contributed by atoms with E-state index in [0.717, 1.165) is 5.39 Å². The van der Waals surface area contributed by atoms with E-state index in [1.165, 1.54) is 11.0 Å². The quantitative estimate of drug-likeness (QED) is 0.444. The molecule has 0 amide bonds. The van der Waals surface area contributed by atoms with Crippen LogP contribution in [0.1, 0.15) is 5.82 Å². The molecular formula is C13H8N6O4. The number of hydrogen-bond donors (Lipinski definition) is 1. The first-order valence-electron chi connectivity index (χ1n) is 6.56. The van der Waals surface area contributed by atoms with E-state index in [1.54, 1.807) is 18.2 Å². The topological polar surface area (TPSA) is 133 Å². The summed E-state index contributed by atoms with van der Waals surface area (Å²) < 4.78 is 6.72. The minimum absolute atomic E-state index is 0.0471. The Labute approximate surface area is 126 Å². The lowest BCUT2D eigenvalue weighted by molar-refractivity contribution is -0.394.